The Bertz CT molecular complexity index is 772. The van der Waals surface area contributed by atoms with Crippen LogP contribution < -0.4 is 5.32 Å². The van der Waals surface area contributed by atoms with E-state index >= 15 is 0 Å². The second-order valence-corrected chi connectivity index (χ2v) is 7.33. The van der Waals surface area contributed by atoms with Crippen LogP contribution in [-0.4, -0.2) is 24.0 Å². The van der Waals surface area contributed by atoms with Gasteiger partial charge in [-0.25, -0.2) is 4.79 Å². The maximum absolute atomic E-state index is 12.3. The highest BCUT2D eigenvalue weighted by Gasteiger charge is 2.31. The van der Waals surface area contributed by atoms with E-state index in [0.717, 1.165) is 29.7 Å². The zero-order chi connectivity index (χ0) is 16.5. The quantitative estimate of drug-likeness (QED) is 0.859. The van der Waals surface area contributed by atoms with Crippen molar-refractivity contribution in [2.75, 3.05) is 18.4 Å². The van der Waals surface area contributed by atoms with Gasteiger partial charge in [0.1, 0.15) is 0 Å². The molecule has 4 rings (SSSR count). The van der Waals surface area contributed by atoms with Crippen molar-refractivity contribution >= 4 is 27.6 Å². The van der Waals surface area contributed by atoms with Crippen LogP contribution in [0.1, 0.15) is 16.7 Å². The van der Waals surface area contributed by atoms with Crippen molar-refractivity contribution in [2.45, 2.75) is 19.6 Å². The summed E-state index contributed by atoms with van der Waals surface area (Å²) in [5.41, 5.74) is 4.54. The predicted molar refractivity (Wildman–Crippen MR) is 96.9 cm³/mol. The highest BCUT2D eigenvalue weighted by Crippen LogP contribution is 2.27. The van der Waals surface area contributed by atoms with Crippen molar-refractivity contribution in [2.24, 2.45) is 5.92 Å². The Morgan fingerprint density at radius 2 is 1.96 bits per heavy atom. The molecular weight excluding hydrogens is 368 g/mol. The fraction of sp³-hybridized carbons (Fsp3) is 0.316. The largest absolute Gasteiger partial charge is 0.372 e. The van der Waals surface area contributed by atoms with E-state index in [1.54, 1.807) is 0 Å². The smallest absolute Gasteiger partial charge is 0.321 e. The van der Waals surface area contributed by atoms with Crippen LogP contribution in [0.25, 0.3) is 0 Å². The molecule has 2 amide bonds. The molecule has 2 aliphatic rings. The lowest BCUT2D eigenvalue weighted by molar-refractivity contribution is 0.131. The van der Waals surface area contributed by atoms with E-state index in [1.807, 2.05) is 29.2 Å². The zero-order valence-corrected chi connectivity index (χ0v) is 14.9. The molecule has 2 heterocycles. The topological polar surface area (TPSA) is 41.6 Å². The predicted octanol–water partition coefficient (Wildman–Crippen LogP) is 4.19. The zero-order valence-electron chi connectivity index (χ0n) is 13.3. The van der Waals surface area contributed by atoms with Crippen molar-refractivity contribution < 1.29 is 9.53 Å². The van der Waals surface area contributed by atoms with Gasteiger partial charge in [-0.15, -0.1) is 0 Å². The van der Waals surface area contributed by atoms with Crippen molar-refractivity contribution in [3.8, 4) is 0 Å². The van der Waals surface area contributed by atoms with Crippen LogP contribution in [0.4, 0.5) is 10.5 Å². The summed E-state index contributed by atoms with van der Waals surface area (Å²) in [6.07, 6.45) is 1.00. The van der Waals surface area contributed by atoms with E-state index in [4.69, 9.17) is 4.74 Å². The summed E-state index contributed by atoms with van der Waals surface area (Å²) < 4.78 is 6.55. The molecule has 0 atom stereocenters. The summed E-state index contributed by atoms with van der Waals surface area (Å²) in [6, 6.07) is 14.3. The molecule has 0 unspecified atom stereocenters. The van der Waals surface area contributed by atoms with Crippen LogP contribution in [0.5, 0.6) is 0 Å². The Balaban J connectivity index is 1.31. The number of amides is 2. The first-order valence-electron chi connectivity index (χ1n) is 8.18. The summed E-state index contributed by atoms with van der Waals surface area (Å²) in [4.78, 5) is 14.2. The number of halogens is 1. The molecule has 5 heteroatoms. The molecule has 4 nitrogen and oxygen atoms in total. The van der Waals surface area contributed by atoms with Crippen LogP contribution in [0.2, 0.25) is 0 Å². The highest BCUT2D eigenvalue weighted by atomic mass is 79.9. The SMILES string of the molecule is O=C(Nc1ccc2c(c1)COC2)N1CC(Cc2ccccc2Br)C1. The Morgan fingerprint density at radius 3 is 2.79 bits per heavy atom. The number of carbonyl (C=O) groups excluding carboxylic acids is 1. The number of hydrogen-bond acceptors (Lipinski definition) is 2. The summed E-state index contributed by atoms with van der Waals surface area (Å²) in [5, 5.41) is 2.99. The molecule has 0 saturated carbocycles. The number of ether oxygens (including phenoxy) is 1. The van der Waals surface area contributed by atoms with E-state index in [9.17, 15) is 4.79 Å². The molecule has 1 N–H and O–H groups in total. The number of nitrogens with zero attached hydrogens (tertiary/aromatic N) is 1. The Morgan fingerprint density at radius 1 is 1.17 bits per heavy atom. The van der Waals surface area contributed by atoms with Crippen LogP contribution in [0.15, 0.2) is 46.9 Å². The fourth-order valence-electron chi connectivity index (χ4n) is 3.29. The molecule has 2 aromatic rings. The summed E-state index contributed by atoms with van der Waals surface area (Å²) in [6.45, 7) is 2.92. The van der Waals surface area contributed by atoms with Crippen LogP contribution >= 0.6 is 15.9 Å². The van der Waals surface area contributed by atoms with Crippen molar-refractivity contribution in [1.29, 1.82) is 0 Å². The number of nitrogens with one attached hydrogen (secondary N) is 1. The normalized spacial score (nSPS) is 16.6. The average molecular weight is 387 g/mol. The minimum absolute atomic E-state index is 0.0164. The first-order chi connectivity index (χ1) is 11.7. The number of hydrogen-bond donors (Lipinski definition) is 1. The fourth-order valence-corrected chi connectivity index (χ4v) is 3.74. The van der Waals surface area contributed by atoms with Gasteiger partial charge in [0.25, 0.3) is 0 Å². The number of carbonyl (C=O) groups is 1. The molecule has 24 heavy (non-hydrogen) atoms. The standard InChI is InChI=1S/C19H19BrN2O2/c20-18-4-2-1-3-14(18)7-13-9-22(10-13)19(23)21-17-6-5-15-11-24-12-16(15)8-17/h1-6,8,13H,7,9-12H2,(H,21,23). The van der Waals surface area contributed by atoms with Gasteiger partial charge in [-0.1, -0.05) is 40.2 Å². The highest BCUT2D eigenvalue weighted by molar-refractivity contribution is 9.10. The number of anilines is 1. The molecular formula is C19H19BrN2O2. The Kier molecular flexibility index (Phi) is 4.29. The lowest BCUT2D eigenvalue weighted by Crippen LogP contribution is -2.52. The molecule has 0 bridgehead atoms. The van der Waals surface area contributed by atoms with Gasteiger partial charge in [0.2, 0.25) is 0 Å². The maximum Gasteiger partial charge on any atom is 0.321 e. The summed E-state index contributed by atoms with van der Waals surface area (Å²) in [7, 11) is 0. The van der Waals surface area contributed by atoms with Gasteiger partial charge < -0.3 is 15.0 Å². The van der Waals surface area contributed by atoms with Gasteiger partial charge in [-0.3, -0.25) is 0 Å². The van der Waals surface area contributed by atoms with Crippen LogP contribution in [-0.2, 0) is 24.4 Å². The molecule has 2 aliphatic heterocycles. The van der Waals surface area contributed by atoms with E-state index in [-0.39, 0.29) is 6.03 Å². The van der Waals surface area contributed by atoms with Crippen molar-refractivity contribution in [1.82, 2.24) is 4.90 Å². The third-order valence-electron chi connectivity index (χ3n) is 4.68. The van der Waals surface area contributed by atoms with Crippen LogP contribution in [0.3, 0.4) is 0 Å². The maximum atomic E-state index is 12.3. The van der Waals surface area contributed by atoms with Gasteiger partial charge in [0.15, 0.2) is 0 Å². The van der Waals surface area contributed by atoms with Gasteiger partial charge in [0.05, 0.1) is 13.2 Å². The first kappa shape index (κ1) is 15.7. The second kappa shape index (κ2) is 6.57. The molecule has 2 aromatic carbocycles. The third kappa shape index (κ3) is 3.19. The van der Waals surface area contributed by atoms with Crippen molar-refractivity contribution in [3.63, 3.8) is 0 Å². The minimum atomic E-state index is -0.0164. The number of rotatable bonds is 3. The van der Waals surface area contributed by atoms with E-state index in [1.165, 1.54) is 16.7 Å². The molecule has 124 valence electrons. The van der Waals surface area contributed by atoms with Crippen molar-refractivity contribution in [3.05, 3.63) is 63.6 Å². The van der Waals surface area contributed by atoms with Gasteiger partial charge in [-0.2, -0.15) is 0 Å². The van der Waals surface area contributed by atoms with E-state index < -0.39 is 0 Å². The Hall–Kier alpha value is -1.85. The average Bonchev–Trinajstić information content (AvgIpc) is 2.99. The molecule has 1 fully saturated rings. The third-order valence-corrected chi connectivity index (χ3v) is 5.46. The summed E-state index contributed by atoms with van der Waals surface area (Å²) >= 11 is 3.59. The van der Waals surface area contributed by atoms with Gasteiger partial charge in [-0.05, 0) is 47.2 Å². The number of benzene rings is 2. The lowest BCUT2D eigenvalue weighted by Gasteiger charge is -2.39. The van der Waals surface area contributed by atoms with E-state index in [0.29, 0.717) is 19.1 Å². The molecule has 0 radical (unpaired) electrons. The monoisotopic (exact) mass is 386 g/mol. The molecule has 1 saturated heterocycles. The van der Waals surface area contributed by atoms with E-state index in [2.05, 4.69) is 39.4 Å². The molecule has 0 aliphatic carbocycles. The number of fused-ring (bicyclic) bond motifs is 1. The molecule has 0 spiro atoms. The second-order valence-electron chi connectivity index (χ2n) is 6.47. The minimum Gasteiger partial charge on any atom is -0.372 e. The number of urea groups is 1. The van der Waals surface area contributed by atoms with Crippen LogP contribution in [0, 0.1) is 5.92 Å². The Labute approximate surface area is 149 Å². The summed E-state index contributed by atoms with van der Waals surface area (Å²) in [5.74, 6) is 0.530. The van der Waals surface area contributed by atoms with Gasteiger partial charge >= 0.3 is 6.03 Å². The first-order valence-corrected chi connectivity index (χ1v) is 8.97. The number of likely N-dealkylation sites (tertiary alicyclic amines) is 1. The molecule has 0 aromatic heterocycles. The van der Waals surface area contributed by atoms with Gasteiger partial charge in [0, 0.05) is 23.2 Å². The lowest BCUT2D eigenvalue weighted by atomic mass is 9.92.